The molecule has 16 heavy (non-hydrogen) atoms. The van der Waals surface area contributed by atoms with Crippen LogP contribution in [0.3, 0.4) is 0 Å². The van der Waals surface area contributed by atoms with Crippen molar-refractivity contribution in [2.75, 3.05) is 26.3 Å². The third-order valence-corrected chi connectivity index (χ3v) is 3.81. The molecule has 1 aliphatic heterocycles. The number of amides is 1. The van der Waals surface area contributed by atoms with Gasteiger partial charge in [0.05, 0.1) is 25.3 Å². The first-order valence-electron chi connectivity index (χ1n) is 5.45. The van der Waals surface area contributed by atoms with Gasteiger partial charge in [0.25, 0.3) is 0 Å². The summed E-state index contributed by atoms with van der Waals surface area (Å²) in [5.74, 6) is 0.164. The fourth-order valence-corrected chi connectivity index (χ4v) is 2.59. The van der Waals surface area contributed by atoms with Gasteiger partial charge in [-0.25, -0.2) is 4.98 Å². The number of ether oxygens (including phenoxy) is 1. The van der Waals surface area contributed by atoms with Gasteiger partial charge in [-0.2, -0.15) is 0 Å². The highest BCUT2D eigenvalue weighted by atomic mass is 32.1. The fraction of sp³-hybridized carbons (Fsp3) is 0.636. The summed E-state index contributed by atoms with van der Waals surface area (Å²) in [5.41, 5.74) is 1.04. The maximum absolute atomic E-state index is 11.9. The van der Waals surface area contributed by atoms with Crippen LogP contribution in [0.5, 0.6) is 0 Å². The van der Waals surface area contributed by atoms with Crippen molar-refractivity contribution in [3.8, 4) is 0 Å². The van der Waals surface area contributed by atoms with Crippen LogP contribution in [0.25, 0.3) is 0 Å². The van der Waals surface area contributed by atoms with Crippen LogP contribution in [0.15, 0.2) is 0 Å². The quantitative estimate of drug-likeness (QED) is 0.779. The molecule has 1 aliphatic rings. The summed E-state index contributed by atoms with van der Waals surface area (Å²) in [5, 5.41) is 0.923. The van der Waals surface area contributed by atoms with Crippen LogP contribution in [0.1, 0.15) is 15.6 Å². The summed E-state index contributed by atoms with van der Waals surface area (Å²) >= 11 is 1.62. The van der Waals surface area contributed by atoms with Gasteiger partial charge in [0.1, 0.15) is 5.01 Å². The number of aryl methyl sites for hydroxylation is 2. The average molecular weight is 240 g/mol. The fourth-order valence-electron chi connectivity index (χ4n) is 1.67. The first-order chi connectivity index (χ1) is 7.66. The lowest BCUT2D eigenvalue weighted by molar-refractivity contribution is -0.134. The van der Waals surface area contributed by atoms with Crippen molar-refractivity contribution in [1.82, 2.24) is 9.88 Å². The Morgan fingerprint density at radius 2 is 2.12 bits per heavy atom. The Hall–Kier alpha value is -0.940. The maximum atomic E-state index is 11.9. The van der Waals surface area contributed by atoms with Crippen molar-refractivity contribution >= 4 is 17.2 Å². The molecule has 0 atom stereocenters. The highest BCUT2D eigenvalue weighted by molar-refractivity contribution is 7.11. The smallest absolute Gasteiger partial charge is 0.229 e. The molecule has 0 radical (unpaired) electrons. The number of rotatable bonds is 2. The largest absolute Gasteiger partial charge is 0.378 e. The Balaban J connectivity index is 1.95. The van der Waals surface area contributed by atoms with E-state index in [-0.39, 0.29) is 5.91 Å². The number of carbonyl (C=O) groups excluding carboxylic acids is 1. The number of thiazole rings is 1. The minimum Gasteiger partial charge on any atom is -0.378 e. The van der Waals surface area contributed by atoms with E-state index in [1.807, 2.05) is 18.7 Å². The van der Waals surface area contributed by atoms with Gasteiger partial charge in [0.15, 0.2) is 0 Å². The zero-order valence-electron chi connectivity index (χ0n) is 9.65. The first-order valence-corrected chi connectivity index (χ1v) is 6.27. The molecule has 0 bridgehead atoms. The lowest BCUT2D eigenvalue weighted by Crippen LogP contribution is -2.41. The van der Waals surface area contributed by atoms with E-state index < -0.39 is 0 Å². The molecule has 1 saturated heterocycles. The van der Waals surface area contributed by atoms with Crippen LogP contribution in [0.4, 0.5) is 0 Å². The molecule has 1 amide bonds. The predicted molar refractivity (Wildman–Crippen MR) is 62.7 cm³/mol. The Morgan fingerprint density at radius 1 is 1.44 bits per heavy atom. The second-order valence-electron chi connectivity index (χ2n) is 3.92. The molecular weight excluding hydrogens is 224 g/mol. The lowest BCUT2D eigenvalue weighted by Gasteiger charge is -2.26. The van der Waals surface area contributed by atoms with Gasteiger partial charge in [-0.15, -0.1) is 11.3 Å². The van der Waals surface area contributed by atoms with E-state index in [9.17, 15) is 4.79 Å². The van der Waals surface area contributed by atoms with Crippen molar-refractivity contribution in [2.24, 2.45) is 0 Å². The van der Waals surface area contributed by atoms with Crippen LogP contribution in [-0.2, 0) is 16.0 Å². The SMILES string of the molecule is Cc1nc(CC(=O)N2CCOCC2)sc1C. The molecule has 88 valence electrons. The van der Waals surface area contributed by atoms with Gasteiger partial charge < -0.3 is 9.64 Å². The number of morpholine rings is 1. The van der Waals surface area contributed by atoms with Gasteiger partial charge >= 0.3 is 0 Å². The van der Waals surface area contributed by atoms with Crippen molar-refractivity contribution in [2.45, 2.75) is 20.3 Å². The molecule has 2 rings (SSSR count). The summed E-state index contributed by atoms with van der Waals surface area (Å²) in [4.78, 5) is 19.4. The van der Waals surface area contributed by atoms with Gasteiger partial charge in [-0.1, -0.05) is 0 Å². The van der Waals surface area contributed by atoms with Crippen LogP contribution < -0.4 is 0 Å². The lowest BCUT2D eigenvalue weighted by atomic mass is 10.3. The Labute approximate surface area is 99.2 Å². The molecule has 5 heteroatoms. The molecule has 1 aromatic heterocycles. The van der Waals surface area contributed by atoms with Crippen LogP contribution in [0.2, 0.25) is 0 Å². The number of hydrogen-bond acceptors (Lipinski definition) is 4. The molecule has 1 fully saturated rings. The Bertz CT molecular complexity index is 364. The predicted octanol–water partition coefficient (Wildman–Crippen LogP) is 1.16. The van der Waals surface area contributed by atoms with Crippen molar-refractivity contribution in [1.29, 1.82) is 0 Å². The maximum Gasteiger partial charge on any atom is 0.229 e. The molecule has 1 aromatic rings. The normalized spacial score (nSPS) is 16.5. The molecule has 0 N–H and O–H groups in total. The van der Waals surface area contributed by atoms with Crippen LogP contribution in [-0.4, -0.2) is 42.1 Å². The molecule has 2 heterocycles. The summed E-state index contributed by atoms with van der Waals surface area (Å²) < 4.78 is 5.22. The second-order valence-corrected chi connectivity index (χ2v) is 5.21. The minimum atomic E-state index is 0.164. The van der Waals surface area contributed by atoms with Crippen molar-refractivity contribution in [3.63, 3.8) is 0 Å². The Kier molecular flexibility index (Phi) is 3.56. The monoisotopic (exact) mass is 240 g/mol. The molecule has 0 spiro atoms. The van der Waals surface area contributed by atoms with Crippen LogP contribution >= 0.6 is 11.3 Å². The highest BCUT2D eigenvalue weighted by Crippen LogP contribution is 2.17. The topological polar surface area (TPSA) is 42.4 Å². The zero-order valence-corrected chi connectivity index (χ0v) is 10.5. The molecule has 4 nitrogen and oxygen atoms in total. The third kappa shape index (κ3) is 2.59. The van der Waals surface area contributed by atoms with Gasteiger partial charge in [0, 0.05) is 18.0 Å². The third-order valence-electron chi connectivity index (χ3n) is 2.74. The highest BCUT2D eigenvalue weighted by Gasteiger charge is 2.18. The number of carbonyl (C=O) groups is 1. The average Bonchev–Trinajstić information content (AvgIpc) is 2.59. The summed E-state index contributed by atoms with van der Waals surface area (Å²) in [7, 11) is 0. The van der Waals surface area contributed by atoms with E-state index in [0.29, 0.717) is 32.7 Å². The zero-order chi connectivity index (χ0) is 11.5. The van der Waals surface area contributed by atoms with E-state index >= 15 is 0 Å². The van der Waals surface area contributed by atoms with Crippen LogP contribution in [0, 0.1) is 13.8 Å². The van der Waals surface area contributed by atoms with Gasteiger partial charge in [-0.3, -0.25) is 4.79 Å². The van der Waals surface area contributed by atoms with E-state index in [4.69, 9.17) is 4.74 Å². The molecule has 0 aliphatic carbocycles. The minimum absolute atomic E-state index is 0.164. The van der Waals surface area contributed by atoms with Crippen molar-refractivity contribution < 1.29 is 9.53 Å². The molecule has 0 saturated carbocycles. The van der Waals surface area contributed by atoms with E-state index in [0.717, 1.165) is 10.7 Å². The molecule has 0 aromatic carbocycles. The van der Waals surface area contributed by atoms with Gasteiger partial charge in [0.2, 0.25) is 5.91 Å². The van der Waals surface area contributed by atoms with E-state index in [1.54, 1.807) is 11.3 Å². The van der Waals surface area contributed by atoms with E-state index in [1.165, 1.54) is 4.88 Å². The second kappa shape index (κ2) is 4.93. The summed E-state index contributed by atoms with van der Waals surface area (Å²) in [6.45, 7) is 6.75. The molecule has 0 unspecified atom stereocenters. The summed E-state index contributed by atoms with van der Waals surface area (Å²) in [6, 6.07) is 0. The van der Waals surface area contributed by atoms with E-state index in [2.05, 4.69) is 4.98 Å². The standard InChI is InChI=1S/C11H16N2O2S/c1-8-9(2)16-10(12-8)7-11(14)13-3-5-15-6-4-13/h3-7H2,1-2H3. The van der Waals surface area contributed by atoms with Gasteiger partial charge in [-0.05, 0) is 13.8 Å². The molecular formula is C11H16N2O2S. The first kappa shape index (κ1) is 11.5. The number of nitrogens with zero attached hydrogens (tertiary/aromatic N) is 2. The van der Waals surface area contributed by atoms with Crippen molar-refractivity contribution in [3.05, 3.63) is 15.6 Å². The summed E-state index contributed by atoms with van der Waals surface area (Å²) in [6.07, 6.45) is 0.430. The number of hydrogen-bond donors (Lipinski definition) is 0. The number of aromatic nitrogens is 1. The Morgan fingerprint density at radius 3 is 2.69 bits per heavy atom.